The lowest BCUT2D eigenvalue weighted by molar-refractivity contribution is 0.0320. The standard InChI is InChI=1S/C24H20N2O5S2/c1-15(23(27)16-9-11-17(12-10-16)26-33(2,29)30)31-24(28)19-14-21(22-8-5-13-32-22)25-20-7-4-3-6-18(19)20/h3-15,26H,1-2H3. The number of sulfonamides is 1. The summed E-state index contributed by atoms with van der Waals surface area (Å²) in [5.41, 5.74) is 2.28. The van der Waals surface area contributed by atoms with E-state index in [2.05, 4.69) is 9.71 Å². The van der Waals surface area contributed by atoms with Crippen molar-refractivity contribution in [3.63, 3.8) is 0 Å². The van der Waals surface area contributed by atoms with Gasteiger partial charge in [0.2, 0.25) is 15.8 Å². The van der Waals surface area contributed by atoms with Crippen LogP contribution in [-0.4, -0.2) is 37.5 Å². The number of thiophene rings is 1. The number of carbonyl (C=O) groups is 2. The van der Waals surface area contributed by atoms with Crippen LogP contribution in [0, 0.1) is 0 Å². The number of aromatic nitrogens is 1. The largest absolute Gasteiger partial charge is 0.451 e. The summed E-state index contributed by atoms with van der Waals surface area (Å²) in [5.74, 6) is -1.02. The van der Waals surface area contributed by atoms with Crippen molar-refractivity contribution in [2.45, 2.75) is 13.0 Å². The molecule has 2 aromatic carbocycles. The van der Waals surface area contributed by atoms with Crippen LogP contribution in [0.15, 0.2) is 72.1 Å². The minimum absolute atomic E-state index is 0.299. The topological polar surface area (TPSA) is 102 Å². The van der Waals surface area contributed by atoms with Gasteiger partial charge in [-0.15, -0.1) is 11.3 Å². The Morgan fingerprint density at radius 2 is 1.76 bits per heavy atom. The fourth-order valence-electron chi connectivity index (χ4n) is 3.32. The van der Waals surface area contributed by atoms with Gasteiger partial charge in [0.25, 0.3) is 0 Å². The second kappa shape index (κ2) is 9.13. The molecule has 0 radical (unpaired) electrons. The van der Waals surface area contributed by atoms with Gasteiger partial charge < -0.3 is 4.74 Å². The van der Waals surface area contributed by atoms with Crippen molar-refractivity contribution >= 4 is 49.7 Å². The molecule has 0 amide bonds. The SMILES string of the molecule is CC(OC(=O)c1cc(-c2cccs2)nc2ccccc12)C(=O)c1ccc(NS(C)(=O)=O)cc1. The molecule has 0 saturated carbocycles. The van der Waals surface area contributed by atoms with Crippen molar-refractivity contribution in [2.24, 2.45) is 0 Å². The second-order valence-electron chi connectivity index (χ2n) is 7.41. The highest BCUT2D eigenvalue weighted by molar-refractivity contribution is 7.92. The second-order valence-corrected chi connectivity index (χ2v) is 10.1. The molecule has 4 aromatic rings. The number of rotatable bonds is 7. The lowest BCUT2D eigenvalue weighted by Gasteiger charge is -2.14. The van der Waals surface area contributed by atoms with E-state index in [1.807, 2.05) is 35.7 Å². The molecule has 4 rings (SSSR count). The Labute approximate surface area is 195 Å². The average molecular weight is 481 g/mol. The minimum atomic E-state index is -3.42. The molecule has 33 heavy (non-hydrogen) atoms. The molecule has 7 nitrogen and oxygen atoms in total. The van der Waals surface area contributed by atoms with E-state index in [1.54, 1.807) is 12.1 Å². The maximum Gasteiger partial charge on any atom is 0.339 e. The Morgan fingerprint density at radius 1 is 1.03 bits per heavy atom. The van der Waals surface area contributed by atoms with E-state index in [1.165, 1.54) is 42.5 Å². The van der Waals surface area contributed by atoms with Gasteiger partial charge in [-0.2, -0.15) is 0 Å². The van der Waals surface area contributed by atoms with Gasteiger partial charge in [0.15, 0.2) is 6.10 Å². The molecule has 168 valence electrons. The molecule has 0 spiro atoms. The summed E-state index contributed by atoms with van der Waals surface area (Å²) in [5, 5.41) is 2.57. The summed E-state index contributed by atoms with van der Waals surface area (Å²) in [6, 6.07) is 18.7. The first kappa shape index (κ1) is 22.6. The summed E-state index contributed by atoms with van der Waals surface area (Å²) in [6.07, 6.45) is 0.00334. The van der Waals surface area contributed by atoms with Crippen molar-refractivity contribution in [3.8, 4) is 10.6 Å². The lowest BCUT2D eigenvalue weighted by Crippen LogP contribution is -2.24. The van der Waals surface area contributed by atoms with Crippen LogP contribution in [0.25, 0.3) is 21.5 Å². The van der Waals surface area contributed by atoms with Crippen molar-refractivity contribution in [2.75, 3.05) is 11.0 Å². The van der Waals surface area contributed by atoms with E-state index in [0.717, 1.165) is 11.1 Å². The first-order chi connectivity index (χ1) is 15.7. The maximum atomic E-state index is 13.1. The summed E-state index contributed by atoms with van der Waals surface area (Å²) >= 11 is 1.51. The van der Waals surface area contributed by atoms with Crippen LogP contribution in [0.2, 0.25) is 0 Å². The third-order valence-electron chi connectivity index (χ3n) is 4.84. The molecule has 0 fully saturated rings. The molecular formula is C24H20N2O5S2. The molecule has 9 heteroatoms. The lowest BCUT2D eigenvalue weighted by atomic mass is 10.1. The predicted molar refractivity (Wildman–Crippen MR) is 129 cm³/mol. The van der Waals surface area contributed by atoms with E-state index in [-0.39, 0.29) is 0 Å². The summed E-state index contributed by atoms with van der Waals surface area (Å²) in [6.45, 7) is 1.51. The number of para-hydroxylation sites is 1. The van der Waals surface area contributed by atoms with Crippen LogP contribution >= 0.6 is 11.3 Å². The fourth-order valence-corrected chi connectivity index (χ4v) is 4.57. The Bertz CT molecular complexity index is 1430. The number of esters is 1. The first-order valence-corrected chi connectivity index (χ1v) is 12.7. The Balaban J connectivity index is 1.57. The number of hydrogen-bond acceptors (Lipinski definition) is 7. The average Bonchev–Trinajstić information content (AvgIpc) is 3.32. The van der Waals surface area contributed by atoms with Gasteiger partial charge in [0.05, 0.1) is 27.9 Å². The van der Waals surface area contributed by atoms with Crippen LogP contribution in [0.5, 0.6) is 0 Å². The van der Waals surface area contributed by atoms with Gasteiger partial charge >= 0.3 is 5.97 Å². The number of fused-ring (bicyclic) bond motifs is 1. The molecular weight excluding hydrogens is 460 g/mol. The van der Waals surface area contributed by atoms with E-state index >= 15 is 0 Å². The number of ether oxygens (including phenoxy) is 1. The minimum Gasteiger partial charge on any atom is -0.451 e. The van der Waals surface area contributed by atoms with Crippen LogP contribution in [0.4, 0.5) is 5.69 Å². The van der Waals surface area contributed by atoms with Gasteiger partial charge in [0.1, 0.15) is 0 Å². The van der Waals surface area contributed by atoms with Crippen LogP contribution < -0.4 is 4.72 Å². The smallest absolute Gasteiger partial charge is 0.339 e. The van der Waals surface area contributed by atoms with Crippen molar-refractivity contribution < 1.29 is 22.7 Å². The highest BCUT2D eigenvalue weighted by atomic mass is 32.2. The van der Waals surface area contributed by atoms with Gasteiger partial charge in [0, 0.05) is 16.6 Å². The number of nitrogens with zero attached hydrogens (tertiary/aromatic N) is 1. The molecule has 1 N–H and O–H groups in total. The van der Waals surface area contributed by atoms with Gasteiger partial charge in [-0.3, -0.25) is 9.52 Å². The van der Waals surface area contributed by atoms with E-state index in [4.69, 9.17) is 4.74 Å². The summed E-state index contributed by atoms with van der Waals surface area (Å²) in [7, 11) is -3.42. The third kappa shape index (κ3) is 5.27. The molecule has 0 bridgehead atoms. The van der Waals surface area contributed by atoms with Crippen LogP contribution in [0.3, 0.4) is 0 Å². The molecule has 1 unspecified atom stereocenters. The molecule has 1 atom stereocenters. The Hall–Kier alpha value is -3.56. The normalized spacial score (nSPS) is 12.3. The first-order valence-electron chi connectivity index (χ1n) is 9.98. The number of anilines is 1. The number of nitrogens with one attached hydrogen (secondary N) is 1. The van der Waals surface area contributed by atoms with Crippen molar-refractivity contribution in [1.29, 1.82) is 0 Å². The zero-order chi connectivity index (χ0) is 23.6. The molecule has 2 aromatic heterocycles. The molecule has 0 aliphatic heterocycles. The monoisotopic (exact) mass is 480 g/mol. The van der Waals surface area contributed by atoms with Gasteiger partial charge in [-0.25, -0.2) is 18.2 Å². The van der Waals surface area contributed by atoms with Crippen molar-refractivity contribution in [3.05, 3.63) is 83.2 Å². The van der Waals surface area contributed by atoms with E-state index in [9.17, 15) is 18.0 Å². The number of Topliss-reactive ketones (excluding diaryl/α,β-unsaturated/α-hetero) is 1. The summed E-state index contributed by atoms with van der Waals surface area (Å²) < 4.78 is 30.5. The molecule has 0 aliphatic rings. The Morgan fingerprint density at radius 3 is 2.42 bits per heavy atom. The Kier molecular flexibility index (Phi) is 6.26. The third-order valence-corrected chi connectivity index (χ3v) is 6.33. The summed E-state index contributed by atoms with van der Waals surface area (Å²) in [4.78, 5) is 31.4. The zero-order valence-electron chi connectivity index (χ0n) is 17.8. The van der Waals surface area contributed by atoms with Crippen molar-refractivity contribution in [1.82, 2.24) is 4.98 Å². The van der Waals surface area contributed by atoms with Gasteiger partial charge in [-0.1, -0.05) is 24.3 Å². The van der Waals surface area contributed by atoms with Crippen LogP contribution in [0.1, 0.15) is 27.6 Å². The number of carbonyl (C=O) groups excluding carboxylic acids is 2. The number of hydrogen-bond donors (Lipinski definition) is 1. The maximum absolute atomic E-state index is 13.1. The quantitative estimate of drug-likeness (QED) is 0.302. The van der Waals surface area contributed by atoms with Crippen LogP contribution in [-0.2, 0) is 14.8 Å². The van der Waals surface area contributed by atoms with E-state index < -0.39 is 27.9 Å². The highest BCUT2D eigenvalue weighted by Crippen LogP contribution is 2.28. The zero-order valence-corrected chi connectivity index (χ0v) is 19.4. The number of pyridine rings is 1. The van der Waals surface area contributed by atoms with E-state index in [0.29, 0.717) is 33.4 Å². The van der Waals surface area contributed by atoms with Gasteiger partial charge in [-0.05, 0) is 54.8 Å². The number of ketones is 1. The molecule has 0 aliphatic carbocycles. The predicted octanol–water partition coefficient (Wildman–Crippen LogP) is 4.76. The molecule has 2 heterocycles. The highest BCUT2D eigenvalue weighted by Gasteiger charge is 2.23. The fraction of sp³-hybridized carbons (Fsp3) is 0.125. The molecule has 0 saturated heterocycles. The number of benzene rings is 2.